The molecule has 0 saturated carbocycles. The summed E-state index contributed by atoms with van der Waals surface area (Å²) in [5.74, 6) is -0.285. The van der Waals surface area contributed by atoms with E-state index >= 15 is 0 Å². The van der Waals surface area contributed by atoms with Gasteiger partial charge in [-0.2, -0.15) is 0 Å². The standard InChI is InChI=1S/C13H10Br3N3O/c14-7-3-10(15)12(11(16)4-7)19-13(20)6-1-8(17)5-9(18)2-6/h1-5H,17-18H2,(H,19,20). The van der Waals surface area contributed by atoms with E-state index in [2.05, 4.69) is 53.1 Å². The average Bonchev–Trinajstić information content (AvgIpc) is 2.32. The van der Waals surface area contributed by atoms with Gasteiger partial charge in [0.2, 0.25) is 0 Å². The molecule has 0 spiro atoms. The molecule has 7 heteroatoms. The minimum atomic E-state index is -0.285. The largest absolute Gasteiger partial charge is 0.399 e. The number of rotatable bonds is 2. The van der Waals surface area contributed by atoms with Crippen LogP contribution in [-0.4, -0.2) is 5.91 Å². The van der Waals surface area contributed by atoms with Gasteiger partial charge in [-0.25, -0.2) is 0 Å². The monoisotopic (exact) mass is 461 g/mol. The molecule has 0 heterocycles. The SMILES string of the molecule is Nc1cc(N)cc(C(=O)Nc2c(Br)cc(Br)cc2Br)c1. The van der Waals surface area contributed by atoms with Crippen molar-refractivity contribution in [1.29, 1.82) is 0 Å². The molecule has 0 bridgehead atoms. The summed E-state index contributed by atoms with van der Waals surface area (Å²) < 4.78 is 2.40. The summed E-state index contributed by atoms with van der Waals surface area (Å²) in [6, 6.07) is 8.43. The van der Waals surface area contributed by atoms with Crippen molar-refractivity contribution in [2.75, 3.05) is 16.8 Å². The number of benzene rings is 2. The number of carbonyl (C=O) groups excluding carboxylic acids is 1. The summed E-state index contributed by atoms with van der Waals surface area (Å²) in [7, 11) is 0. The van der Waals surface area contributed by atoms with Crippen molar-refractivity contribution in [3.63, 3.8) is 0 Å². The minimum Gasteiger partial charge on any atom is -0.399 e. The van der Waals surface area contributed by atoms with Gasteiger partial charge < -0.3 is 16.8 Å². The zero-order valence-corrected chi connectivity index (χ0v) is 14.8. The van der Waals surface area contributed by atoms with Gasteiger partial charge in [-0.3, -0.25) is 4.79 Å². The third-order valence-electron chi connectivity index (χ3n) is 2.49. The molecule has 0 unspecified atom stereocenters. The second-order valence-corrected chi connectivity index (χ2v) is 6.71. The van der Waals surface area contributed by atoms with Crippen molar-refractivity contribution < 1.29 is 4.79 Å². The average molecular weight is 464 g/mol. The first kappa shape index (κ1) is 15.3. The molecular weight excluding hydrogens is 454 g/mol. The number of hydrogen-bond acceptors (Lipinski definition) is 3. The highest BCUT2D eigenvalue weighted by Gasteiger charge is 2.13. The van der Waals surface area contributed by atoms with Gasteiger partial charge >= 0.3 is 0 Å². The van der Waals surface area contributed by atoms with Gasteiger partial charge in [-0.15, -0.1) is 0 Å². The Morgan fingerprint density at radius 3 is 1.90 bits per heavy atom. The fraction of sp³-hybridized carbons (Fsp3) is 0. The van der Waals surface area contributed by atoms with E-state index in [4.69, 9.17) is 11.5 Å². The van der Waals surface area contributed by atoms with Gasteiger partial charge in [0.25, 0.3) is 5.91 Å². The molecule has 0 aromatic heterocycles. The summed E-state index contributed by atoms with van der Waals surface area (Å²) in [6.45, 7) is 0. The number of anilines is 3. The van der Waals surface area contributed by atoms with E-state index in [0.29, 0.717) is 22.6 Å². The van der Waals surface area contributed by atoms with E-state index < -0.39 is 0 Å². The van der Waals surface area contributed by atoms with Crippen molar-refractivity contribution >= 4 is 70.8 Å². The van der Waals surface area contributed by atoms with Crippen molar-refractivity contribution in [2.45, 2.75) is 0 Å². The van der Waals surface area contributed by atoms with Crippen LogP contribution in [-0.2, 0) is 0 Å². The molecule has 2 aromatic carbocycles. The highest BCUT2D eigenvalue weighted by molar-refractivity contribution is 9.11. The number of halogens is 3. The van der Waals surface area contributed by atoms with Gasteiger partial charge in [0.05, 0.1) is 5.69 Å². The Labute approximate surface area is 141 Å². The predicted molar refractivity (Wildman–Crippen MR) is 92.8 cm³/mol. The fourth-order valence-corrected chi connectivity index (χ4v) is 4.11. The second kappa shape index (κ2) is 6.15. The number of nitrogens with two attached hydrogens (primary N) is 2. The van der Waals surface area contributed by atoms with Crippen molar-refractivity contribution in [3.8, 4) is 0 Å². The van der Waals surface area contributed by atoms with Crippen LogP contribution < -0.4 is 16.8 Å². The number of carbonyl (C=O) groups is 1. The van der Waals surface area contributed by atoms with E-state index in [1.54, 1.807) is 18.2 Å². The topological polar surface area (TPSA) is 81.1 Å². The zero-order valence-electron chi connectivity index (χ0n) is 10.1. The molecule has 1 amide bonds. The Morgan fingerprint density at radius 1 is 0.900 bits per heavy atom. The third-order valence-corrected chi connectivity index (χ3v) is 4.19. The Balaban J connectivity index is 2.32. The van der Waals surface area contributed by atoms with Crippen LogP contribution in [0.2, 0.25) is 0 Å². The van der Waals surface area contributed by atoms with Crippen molar-refractivity contribution in [1.82, 2.24) is 0 Å². The maximum Gasteiger partial charge on any atom is 0.255 e. The minimum absolute atomic E-state index is 0.285. The Hall–Kier alpha value is -1.05. The molecule has 0 aliphatic rings. The van der Waals surface area contributed by atoms with Crippen LogP contribution in [0.25, 0.3) is 0 Å². The molecule has 2 aromatic rings. The van der Waals surface area contributed by atoms with Gasteiger partial charge in [-0.05, 0) is 62.2 Å². The number of nitrogens with one attached hydrogen (secondary N) is 1. The van der Waals surface area contributed by atoms with Crippen LogP contribution in [0.4, 0.5) is 17.1 Å². The molecule has 0 radical (unpaired) electrons. The molecule has 0 aliphatic heterocycles. The Kier molecular flexibility index (Phi) is 4.72. The molecule has 0 atom stereocenters. The summed E-state index contributed by atoms with van der Waals surface area (Å²) in [5.41, 5.74) is 13.3. The molecule has 2 rings (SSSR count). The lowest BCUT2D eigenvalue weighted by Gasteiger charge is -2.11. The van der Waals surface area contributed by atoms with Crippen LogP contribution in [0.1, 0.15) is 10.4 Å². The van der Waals surface area contributed by atoms with Crippen LogP contribution in [0.3, 0.4) is 0 Å². The van der Waals surface area contributed by atoms with E-state index in [-0.39, 0.29) is 5.91 Å². The lowest BCUT2D eigenvalue weighted by atomic mass is 10.1. The highest BCUT2D eigenvalue weighted by Crippen LogP contribution is 2.34. The van der Waals surface area contributed by atoms with Crippen LogP contribution in [0, 0.1) is 0 Å². The highest BCUT2D eigenvalue weighted by atomic mass is 79.9. The number of amides is 1. The first-order valence-corrected chi connectivity index (χ1v) is 7.86. The quantitative estimate of drug-likeness (QED) is 0.578. The van der Waals surface area contributed by atoms with Crippen LogP contribution in [0.5, 0.6) is 0 Å². The van der Waals surface area contributed by atoms with E-state index in [1.807, 2.05) is 12.1 Å². The zero-order chi connectivity index (χ0) is 14.9. The summed E-state index contributed by atoms with van der Waals surface area (Å²) in [5, 5.41) is 2.81. The lowest BCUT2D eigenvalue weighted by Crippen LogP contribution is -2.13. The maximum absolute atomic E-state index is 12.2. The Morgan fingerprint density at radius 2 is 1.40 bits per heavy atom. The molecular formula is C13H10Br3N3O. The normalized spacial score (nSPS) is 10.3. The summed E-state index contributed by atoms with van der Waals surface area (Å²) >= 11 is 10.2. The molecule has 20 heavy (non-hydrogen) atoms. The lowest BCUT2D eigenvalue weighted by molar-refractivity contribution is 0.102. The number of hydrogen-bond donors (Lipinski definition) is 3. The smallest absolute Gasteiger partial charge is 0.255 e. The van der Waals surface area contributed by atoms with Gasteiger partial charge in [0.1, 0.15) is 0 Å². The van der Waals surface area contributed by atoms with E-state index in [9.17, 15) is 4.79 Å². The van der Waals surface area contributed by atoms with Gasteiger partial charge in [0.15, 0.2) is 0 Å². The van der Waals surface area contributed by atoms with E-state index in [0.717, 1.165) is 13.4 Å². The third kappa shape index (κ3) is 3.53. The fourth-order valence-electron chi connectivity index (χ4n) is 1.65. The predicted octanol–water partition coefficient (Wildman–Crippen LogP) is 4.39. The Bertz CT molecular complexity index is 645. The molecule has 104 valence electrons. The van der Waals surface area contributed by atoms with Gasteiger partial charge in [-0.1, -0.05) is 15.9 Å². The molecule has 0 fully saturated rings. The van der Waals surface area contributed by atoms with E-state index in [1.165, 1.54) is 0 Å². The number of nitrogen functional groups attached to an aromatic ring is 2. The van der Waals surface area contributed by atoms with Crippen molar-refractivity contribution in [3.05, 3.63) is 49.3 Å². The van der Waals surface area contributed by atoms with Crippen molar-refractivity contribution in [2.24, 2.45) is 0 Å². The van der Waals surface area contributed by atoms with Crippen LogP contribution >= 0.6 is 47.8 Å². The second-order valence-electron chi connectivity index (χ2n) is 4.09. The molecule has 0 saturated heterocycles. The molecule has 0 aliphatic carbocycles. The van der Waals surface area contributed by atoms with Crippen LogP contribution in [0.15, 0.2) is 43.7 Å². The summed E-state index contributed by atoms with van der Waals surface area (Å²) in [4.78, 5) is 12.2. The first-order chi connectivity index (χ1) is 9.36. The molecule has 5 N–H and O–H groups in total. The van der Waals surface area contributed by atoms with Gasteiger partial charge in [0, 0.05) is 30.4 Å². The first-order valence-electron chi connectivity index (χ1n) is 5.49. The maximum atomic E-state index is 12.2. The molecule has 4 nitrogen and oxygen atoms in total. The summed E-state index contributed by atoms with van der Waals surface area (Å²) in [6.07, 6.45) is 0.